The molecule has 0 aromatic heterocycles. The lowest BCUT2D eigenvalue weighted by atomic mass is 9.69. The Morgan fingerprint density at radius 1 is 1.10 bits per heavy atom. The lowest BCUT2D eigenvalue weighted by Crippen LogP contribution is -2.37. The second-order valence-corrected chi connectivity index (χ2v) is 9.69. The number of amides is 1. The van der Waals surface area contributed by atoms with Gasteiger partial charge in [0.15, 0.2) is 0 Å². The number of carbonyl (C=O) groups excluding carboxylic acids is 1. The van der Waals surface area contributed by atoms with Crippen molar-refractivity contribution in [2.45, 2.75) is 71.4 Å². The molecule has 0 spiro atoms. The number of fused-ring (bicyclic) bond motifs is 1. The van der Waals surface area contributed by atoms with E-state index in [0.29, 0.717) is 18.1 Å². The second kappa shape index (κ2) is 7.55. The third-order valence-corrected chi connectivity index (χ3v) is 7.31. The maximum Gasteiger partial charge on any atom is 0.408 e. The summed E-state index contributed by atoms with van der Waals surface area (Å²) >= 11 is 0. The summed E-state index contributed by atoms with van der Waals surface area (Å²) in [6.07, 6.45) is 6.01. The van der Waals surface area contributed by atoms with Crippen LogP contribution in [0, 0.1) is 11.3 Å². The first-order valence-corrected chi connectivity index (χ1v) is 10.9. The number of alkyl carbamates (subject to hydrolysis) is 1. The summed E-state index contributed by atoms with van der Waals surface area (Å²) in [5.74, 6) is 1.76. The molecule has 29 heavy (non-hydrogen) atoms. The maximum absolute atomic E-state index is 11.5. The van der Waals surface area contributed by atoms with Crippen LogP contribution in [0.25, 0.3) is 10.8 Å². The van der Waals surface area contributed by atoms with Crippen molar-refractivity contribution >= 4 is 16.9 Å². The molecule has 1 N–H and O–H groups in total. The zero-order valence-corrected chi connectivity index (χ0v) is 18.1. The molecule has 1 aliphatic carbocycles. The zero-order valence-electron chi connectivity index (χ0n) is 18.1. The van der Waals surface area contributed by atoms with Crippen molar-refractivity contribution < 1.29 is 14.3 Å². The Kier molecular flexibility index (Phi) is 5.22. The molecule has 1 heterocycles. The first-order valence-electron chi connectivity index (χ1n) is 10.9. The van der Waals surface area contributed by atoms with Crippen LogP contribution in [0.1, 0.15) is 65.4 Å². The van der Waals surface area contributed by atoms with Crippen LogP contribution >= 0.6 is 0 Å². The van der Waals surface area contributed by atoms with E-state index < -0.39 is 5.54 Å². The van der Waals surface area contributed by atoms with Crippen LogP contribution in [0.5, 0.6) is 5.75 Å². The minimum atomic E-state index is -0.467. The average molecular weight is 396 g/mol. The summed E-state index contributed by atoms with van der Waals surface area (Å²) < 4.78 is 11.4. The first kappa shape index (κ1) is 20.1. The van der Waals surface area contributed by atoms with Crippen LogP contribution in [0.4, 0.5) is 4.79 Å². The third-order valence-electron chi connectivity index (χ3n) is 7.31. The summed E-state index contributed by atoms with van der Waals surface area (Å²) in [5.41, 5.74) is 1.03. The third kappa shape index (κ3) is 4.08. The molecule has 0 bridgehead atoms. The molecule has 4 heteroatoms. The predicted octanol–water partition coefficient (Wildman–Crippen LogP) is 6.17. The van der Waals surface area contributed by atoms with E-state index in [4.69, 9.17) is 9.47 Å². The van der Waals surface area contributed by atoms with E-state index in [9.17, 15) is 4.79 Å². The van der Waals surface area contributed by atoms with Gasteiger partial charge in [-0.1, -0.05) is 45.4 Å². The van der Waals surface area contributed by atoms with E-state index in [1.54, 1.807) is 0 Å². The molecule has 1 aliphatic heterocycles. The van der Waals surface area contributed by atoms with Gasteiger partial charge < -0.3 is 14.8 Å². The molecule has 2 aromatic carbocycles. The van der Waals surface area contributed by atoms with Gasteiger partial charge >= 0.3 is 6.09 Å². The van der Waals surface area contributed by atoms with Gasteiger partial charge in [-0.25, -0.2) is 4.79 Å². The van der Waals surface area contributed by atoms with Gasteiger partial charge in [0.25, 0.3) is 0 Å². The highest BCUT2D eigenvalue weighted by Gasteiger charge is 2.36. The van der Waals surface area contributed by atoms with Crippen LogP contribution in [-0.2, 0) is 10.3 Å². The zero-order chi connectivity index (χ0) is 20.6. The lowest BCUT2D eigenvalue weighted by molar-refractivity contribution is 0.0780. The summed E-state index contributed by atoms with van der Waals surface area (Å²) in [6, 6.07) is 12.6. The van der Waals surface area contributed by atoms with Crippen LogP contribution in [0.2, 0.25) is 0 Å². The monoisotopic (exact) mass is 395 g/mol. The topological polar surface area (TPSA) is 47.6 Å². The van der Waals surface area contributed by atoms with E-state index >= 15 is 0 Å². The highest BCUT2D eigenvalue weighted by Crippen LogP contribution is 2.41. The number of nitrogens with one attached hydrogen (secondary N) is 1. The van der Waals surface area contributed by atoms with E-state index in [1.165, 1.54) is 19.3 Å². The van der Waals surface area contributed by atoms with E-state index in [2.05, 4.69) is 62.5 Å². The SMILES string of the molecule is CCC(C)(C)[C@H]1CC[C@H](Oc2ccc3cc([C@]4(C)COC(=O)N4)ccc3c2)CC1. The van der Waals surface area contributed by atoms with Crippen molar-refractivity contribution in [3.63, 3.8) is 0 Å². The van der Waals surface area contributed by atoms with Crippen LogP contribution in [-0.4, -0.2) is 18.8 Å². The van der Waals surface area contributed by atoms with E-state index in [0.717, 1.165) is 40.8 Å². The van der Waals surface area contributed by atoms with Crippen molar-refractivity contribution in [3.8, 4) is 5.75 Å². The van der Waals surface area contributed by atoms with Gasteiger partial charge in [0.1, 0.15) is 12.4 Å². The van der Waals surface area contributed by atoms with Crippen molar-refractivity contribution in [1.29, 1.82) is 0 Å². The highest BCUT2D eigenvalue weighted by atomic mass is 16.6. The number of carbonyl (C=O) groups is 1. The largest absolute Gasteiger partial charge is 0.490 e. The average Bonchev–Trinajstić information content (AvgIpc) is 3.08. The van der Waals surface area contributed by atoms with Crippen molar-refractivity contribution in [3.05, 3.63) is 42.0 Å². The molecule has 4 nitrogen and oxygen atoms in total. The van der Waals surface area contributed by atoms with Crippen molar-refractivity contribution in [2.75, 3.05) is 6.61 Å². The Hall–Kier alpha value is -2.23. The van der Waals surface area contributed by atoms with Gasteiger partial charge in [-0.3, -0.25) is 0 Å². The molecule has 0 radical (unpaired) electrons. The summed E-state index contributed by atoms with van der Waals surface area (Å²) in [5, 5.41) is 5.21. The van der Waals surface area contributed by atoms with E-state index in [1.807, 2.05) is 6.92 Å². The quantitative estimate of drug-likeness (QED) is 0.659. The van der Waals surface area contributed by atoms with Gasteiger partial charge in [-0.05, 0) is 78.5 Å². The highest BCUT2D eigenvalue weighted by molar-refractivity contribution is 5.85. The first-order chi connectivity index (χ1) is 13.8. The number of benzene rings is 2. The molecule has 2 aromatic rings. The number of hydrogen-bond donors (Lipinski definition) is 1. The molecular weight excluding hydrogens is 362 g/mol. The molecule has 2 fully saturated rings. The van der Waals surface area contributed by atoms with E-state index in [-0.39, 0.29) is 6.09 Å². The maximum atomic E-state index is 11.5. The van der Waals surface area contributed by atoms with Crippen molar-refractivity contribution in [2.24, 2.45) is 11.3 Å². The van der Waals surface area contributed by atoms with Gasteiger partial charge in [0.2, 0.25) is 0 Å². The Bertz CT molecular complexity index is 898. The number of hydrogen-bond acceptors (Lipinski definition) is 3. The smallest absolute Gasteiger partial charge is 0.408 e. The van der Waals surface area contributed by atoms with Crippen molar-refractivity contribution in [1.82, 2.24) is 5.32 Å². The van der Waals surface area contributed by atoms with Crippen LogP contribution in [0.3, 0.4) is 0 Å². The minimum absolute atomic E-state index is 0.320. The summed E-state index contributed by atoms with van der Waals surface area (Å²) in [4.78, 5) is 11.5. The minimum Gasteiger partial charge on any atom is -0.490 e. The van der Waals surface area contributed by atoms with Gasteiger partial charge in [-0.2, -0.15) is 0 Å². The van der Waals surface area contributed by atoms with Crippen LogP contribution < -0.4 is 10.1 Å². The molecule has 1 saturated heterocycles. The molecular formula is C25H33NO3. The molecule has 4 rings (SSSR count). The molecule has 0 unspecified atom stereocenters. The standard InChI is InChI=1S/C25H33NO3/c1-5-24(2,3)19-9-12-21(13-10-19)29-22-11-7-17-14-20(8-6-18(17)15-22)25(4)16-28-23(27)26-25/h6-8,11,14-15,19,21H,5,9-10,12-13,16H2,1-4H3,(H,26,27)/t19-,21-,25-/m0/s1. The lowest BCUT2D eigenvalue weighted by Gasteiger charge is -2.38. The summed E-state index contributed by atoms with van der Waals surface area (Å²) in [7, 11) is 0. The summed E-state index contributed by atoms with van der Waals surface area (Å²) in [6.45, 7) is 9.46. The molecule has 1 amide bonds. The second-order valence-electron chi connectivity index (χ2n) is 9.69. The molecule has 1 atom stereocenters. The van der Waals surface area contributed by atoms with Crippen LogP contribution in [0.15, 0.2) is 36.4 Å². The Labute approximate surface area is 174 Å². The normalized spacial score (nSPS) is 27.5. The Balaban J connectivity index is 1.44. The van der Waals surface area contributed by atoms with Gasteiger partial charge in [-0.15, -0.1) is 0 Å². The van der Waals surface area contributed by atoms with Gasteiger partial charge in [0, 0.05) is 0 Å². The Morgan fingerprint density at radius 3 is 2.45 bits per heavy atom. The fourth-order valence-electron chi connectivity index (χ4n) is 4.75. The van der Waals surface area contributed by atoms with Gasteiger partial charge in [0.05, 0.1) is 11.6 Å². The molecule has 2 aliphatic rings. The number of ether oxygens (including phenoxy) is 2. The Morgan fingerprint density at radius 2 is 1.79 bits per heavy atom. The number of rotatable bonds is 5. The number of cyclic esters (lactones) is 1. The predicted molar refractivity (Wildman–Crippen MR) is 116 cm³/mol. The molecule has 1 saturated carbocycles. The fraction of sp³-hybridized carbons (Fsp3) is 0.560. The fourth-order valence-corrected chi connectivity index (χ4v) is 4.75. The molecule has 156 valence electrons.